The Morgan fingerprint density at radius 1 is 1.03 bits per heavy atom. The molecule has 2 N–H and O–H groups in total. The van der Waals surface area contributed by atoms with E-state index in [0.717, 1.165) is 22.5 Å². The predicted molar refractivity (Wildman–Crippen MR) is 129 cm³/mol. The van der Waals surface area contributed by atoms with Gasteiger partial charge in [0.05, 0.1) is 5.69 Å². The number of amides is 2. The molecule has 4 aromatic rings. The minimum Gasteiger partial charge on any atom is -0.326 e. The molecule has 0 saturated carbocycles. The molecular weight excluding hydrogens is 422 g/mol. The van der Waals surface area contributed by atoms with Crippen LogP contribution in [0.25, 0.3) is 22.3 Å². The number of thiazole rings is 1. The minimum absolute atomic E-state index is 0.117. The SMILES string of the molecule is CC(=O)Nc1ccc(-c2csc3nc(NC(=O)/C=C/c4ccc(C(C)C)cc4)nn23)cc1. The quantitative estimate of drug-likeness (QED) is 0.400. The highest BCUT2D eigenvalue weighted by atomic mass is 32.1. The molecule has 32 heavy (non-hydrogen) atoms. The Balaban J connectivity index is 1.46. The molecule has 2 amide bonds. The van der Waals surface area contributed by atoms with Crippen molar-refractivity contribution in [3.8, 4) is 11.3 Å². The number of rotatable bonds is 6. The summed E-state index contributed by atoms with van der Waals surface area (Å²) in [5.41, 5.74) is 4.72. The molecule has 8 heteroatoms. The van der Waals surface area contributed by atoms with Gasteiger partial charge in [-0.3, -0.25) is 14.9 Å². The molecule has 2 aromatic carbocycles. The van der Waals surface area contributed by atoms with Gasteiger partial charge in [0, 0.05) is 29.6 Å². The maximum Gasteiger partial charge on any atom is 0.250 e. The minimum atomic E-state index is -0.294. The number of hydrogen-bond donors (Lipinski definition) is 2. The summed E-state index contributed by atoms with van der Waals surface area (Å²) in [5.74, 6) is 0.307. The van der Waals surface area contributed by atoms with Gasteiger partial charge >= 0.3 is 0 Å². The number of benzene rings is 2. The zero-order valence-corrected chi connectivity index (χ0v) is 18.8. The van der Waals surface area contributed by atoms with Gasteiger partial charge in [-0.15, -0.1) is 16.4 Å². The van der Waals surface area contributed by atoms with Crippen LogP contribution in [0.3, 0.4) is 0 Å². The molecule has 0 fully saturated rings. The van der Waals surface area contributed by atoms with Gasteiger partial charge in [0.25, 0.3) is 11.9 Å². The zero-order chi connectivity index (χ0) is 22.7. The molecule has 0 aliphatic heterocycles. The number of nitrogens with one attached hydrogen (secondary N) is 2. The molecule has 4 rings (SSSR count). The molecule has 7 nitrogen and oxygen atoms in total. The van der Waals surface area contributed by atoms with Crippen molar-refractivity contribution in [3.05, 3.63) is 71.1 Å². The number of carbonyl (C=O) groups excluding carboxylic acids is 2. The summed E-state index contributed by atoms with van der Waals surface area (Å²) in [6.45, 7) is 5.76. The van der Waals surface area contributed by atoms with Crippen LogP contribution in [0.15, 0.2) is 60.0 Å². The normalized spacial score (nSPS) is 11.4. The first kappa shape index (κ1) is 21.5. The first-order valence-electron chi connectivity index (χ1n) is 10.2. The first-order chi connectivity index (χ1) is 15.4. The average molecular weight is 446 g/mol. The Morgan fingerprint density at radius 3 is 2.41 bits per heavy atom. The summed E-state index contributed by atoms with van der Waals surface area (Å²) in [7, 11) is 0. The van der Waals surface area contributed by atoms with E-state index >= 15 is 0 Å². The number of nitrogens with zero attached hydrogens (tertiary/aromatic N) is 3. The van der Waals surface area contributed by atoms with E-state index in [2.05, 4.69) is 46.7 Å². The van der Waals surface area contributed by atoms with Gasteiger partial charge in [0.1, 0.15) is 0 Å². The van der Waals surface area contributed by atoms with Gasteiger partial charge in [-0.25, -0.2) is 4.52 Å². The van der Waals surface area contributed by atoms with E-state index in [1.807, 2.05) is 41.8 Å². The van der Waals surface area contributed by atoms with E-state index in [9.17, 15) is 9.59 Å². The molecule has 0 radical (unpaired) electrons. The van der Waals surface area contributed by atoms with Gasteiger partial charge in [0.15, 0.2) is 0 Å². The highest BCUT2D eigenvalue weighted by molar-refractivity contribution is 7.15. The van der Waals surface area contributed by atoms with Crippen molar-refractivity contribution in [1.29, 1.82) is 0 Å². The van der Waals surface area contributed by atoms with E-state index in [1.165, 1.54) is 29.9 Å². The third-order valence-corrected chi connectivity index (χ3v) is 5.66. The second-order valence-electron chi connectivity index (χ2n) is 7.65. The van der Waals surface area contributed by atoms with E-state index in [-0.39, 0.29) is 17.8 Å². The van der Waals surface area contributed by atoms with Crippen molar-refractivity contribution in [2.24, 2.45) is 0 Å². The third-order valence-electron chi connectivity index (χ3n) is 4.85. The molecule has 0 spiro atoms. The van der Waals surface area contributed by atoms with Crippen molar-refractivity contribution in [1.82, 2.24) is 14.6 Å². The van der Waals surface area contributed by atoms with Crippen molar-refractivity contribution in [3.63, 3.8) is 0 Å². The van der Waals surface area contributed by atoms with Crippen molar-refractivity contribution < 1.29 is 9.59 Å². The van der Waals surface area contributed by atoms with Crippen LogP contribution in [0.5, 0.6) is 0 Å². The Bertz CT molecular complexity index is 1280. The lowest BCUT2D eigenvalue weighted by molar-refractivity contribution is -0.114. The Kier molecular flexibility index (Phi) is 6.13. The van der Waals surface area contributed by atoms with Crippen LogP contribution < -0.4 is 10.6 Å². The lowest BCUT2D eigenvalue weighted by Crippen LogP contribution is -2.09. The van der Waals surface area contributed by atoms with Gasteiger partial charge in [-0.1, -0.05) is 50.2 Å². The van der Waals surface area contributed by atoms with Crippen LogP contribution in [0.1, 0.15) is 37.8 Å². The molecule has 2 aromatic heterocycles. The van der Waals surface area contributed by atoms with Gasteiger partial charge in [-0.2, -0.15) is 4.98 Å². The highest BCUT2D eigenvalue weighted by Gasteiger charge is 2.13. The fraction of sp³-hybridized carbons (Fsp3) is 0.167. The predicted octanol–water partition coefficient (Wildman–Crippen LogP) is 5.19. The van der Waals surface area contributed by atoms with Crippen LogP contribution in [0.4, 0.5) is 11.6 Å². The summed E-state index contributed by atoms with van der Waals surface area (Å²) in [5, 5.41) is 11.8. The number of carbonyl (C=O) groups is 2. The molecule has 0 unspecified atom stereocenters. The fourth-order valence-electron chi connectivity index (χ4n) is 3.18. The topological polar surface area (TPSA) is 88.4 Å². The summed E-state index contributed by atoms with van der Waals surface area (Å²) in [6, 6.07) is 15.6. The molecule has 0 aliphatic carbocycles. The number of hydrogen-bond acceptors (Lipinski definition) is 5. The van der Waals surface area contributed by atoms with Gasteiger partial charge < -0.3 is 5.32 Å². The lowest BCUT2D eigenvalue weighted by Gasteiger charge is -2.04. The largest absolute Gasteiger partial charge is 0.326 e. The smallest absolute Gasteiger partial charge is 0.250 e. The molecule has 2 heterocycles. The van der Waals surface area contributed by atoms with Gasteiger partial charge in [-0.05, 0) is 35.3 Å². The number of anilines is 2. The van der Waals surface area contributed by atoms with E-state index in [4.69, 9.17) is 0 Å². The van der Waals surface area contributed by atoms with Crippen molar-refractivity contribution in [2.75, 3.05) is 10.6 Å². The highest BCUT2D eigenvalue weighted by Crippen LogP contribution is 2.27. The number of fused-ring (bicyclic) bond motifs is 1. The Labute approximate surface area is 189 Å². The average Bonchev–Trinajstić information content (AvgIpc) is 3.33. The molecular formula is C24H23N5O2S. The third kappa shape index (κ3) is 4.92. The lowest BCUT2D eigenvalue weighted by atomic mass is 10.0. The van der Waals surface area contributed by atoms with Crippen LogP contribution in [-0.2, 0) is 9.59 Å². The van der Waals surface area contributed by atoms with Crippen LogP contribution >= 0.6 is 11.3 Å². The van der Waals surface area contributed by atoms with E-state index in [0.29, 0.717) is 10.9 Å². The molecule has 0 bridgehead atoms. The molecule has 162 valence electrons. The monoisotopic (exact) mass is 445 g/mol. The maximum atomic E-state index is 12.3. The zero-order valence-electron chi connectivity index (χ0n) is 18.0. The second-order valence-corrected chi connectivity index (χ2v) is 8.49. The van der Waals surface area contributed by atoms with Crippen molar-refractivity contribution in [2.45, 2.75) is 26.7 Å². The van der Waals surface area contributed by atoms with E-state index < -0.39 is 0 Å². The molecule has 0 atom stereocenters. The van der Waals surface area contributed by atoms with Crippen molar-refractivity contribution >= 4 is 45.8 Å². The standard InChI is InChI=1S/C24H23N5O2S/c1-15(2)18-7-4-17(5-8-18)6-13-22(31)26-23-27-24-29(28-23)21(14-32-24)19-9-11-20(12-10-19)25-16(3)30/h4-15H,1-3H3,(H,25,30)(H,26,28,31)/b13-6+. The number of aromatic nitrogens is 3. The summed E-state index contributed by atoms with van der Waals surface area (Å²) >= 11 is 1.44. The Hall–Kier alpha value is -3.78. The fourth-order valence-corrected chi connectivity index (χ4v) is 4.01. The summed E-state index contributed by atoms with van der Waals surface area (Å²) in [4.78, 5) is 28.6. The summed E-state index contributed by atoms with van der Waals surface area (Å²) < 4.78 is 1.70. The Morgan fingerprint density at radius 2 is 1.75 bits per heavy atom. The van der Waals surface area contributed by atoms with Crippen LogP contribution in [-0.4, -0.2) is 26.4 Å². The second kappa shape index (κ2) is 9.15. The molecule has 0 aliphatic rings. The molecule has 0 saturated heterocycles. The summed E-state index contributed by atoms with van der Waals surface area (Å²) in [6.07, 6.45) is 3.24. The first-order valence-corrected chi connectivity index (χ1v) is 11.1. The van der Waals surface area contributed by atoms with Crippen LogP contribution in [0, 0.1) is 0 Å². The maximum absolute atomic E-state index is 12.3. The van der Waals surface area contributed by atoms with E-state index in [1.54, 1.807) is 10.6 Å². The van der Waals surface area contributed by atoms with Crippen LogP contribution in [0.2, 0.25) is 0 Å². The van der Waals surface area contributed by atoms with Gasteiger partial charge in [0.2, 0.25) is 10.9 Å².